The lowest BCUT2D eigenvalue weighted by Crippen LogP contribution is -2.29. The molecule has 0 aliphatic rings. The number of nitrogens with one attached hydrogen (secondary N) is 1. The highest BCUT2D eigenvalue weighted by Crippen LogP contribution is 2.29. The number of fused-ring (bicyclic) bond motifs is 1. The number of halogens is 3. The number of pyridine rings is 1. The van der Waals surface area contributed by atoms with Crippen molar-refractivity contribution in [3.05, 3.63) is 82.4 Å². The van der Waals surface area contributed by atoms with Crippen LogP contribution in [0.3, 0.4) is 0 Å². The standard InChI is InChI=1S/C22H17F3N4O3/c23-13-3-1-2-12(8-13)20-16-5-7-19(32)29(18-6-4-14(24)9-17(18)25)21(16)28-22(27-20)26-15(10-30)11-31/h1-9,15,30-31H,10-11H2,(H,26,27,28). The van der Waals surface area contributed by atoms with E-state index in [1.165, 1.54) is 30.3 Å². The molecule has 2 aromatic heterocycles. The third kappa shape index (κ3) is 4.05. The molecule has 0 radical (unpaired) electrons. The Morgan fingerprint density at radius 2 is 1.69 bits per heavy atom. The van der Waals surface area contributed by atoms with Crippen molar-refractivity contribution in [3.63, 3.8) is 0 Å². The van der Waals surface area contributed by atoms with Gasteiger partial charge in [0.2, 0.25) is 5.95 Å². The first-order valence-corrected chi connectivity index (χ1v) is 9.54. The highest BCUT2D eigenvalue weighted by molar-refractivity contribution is 5.92. The van der Waals surface area contributed by atoms with E-state index in [0.717, 1.165) is 16.7 Å². The van der Waals surface area contributed by atoms with Gasteiger partial charge >= 0.3 is 0 Å². The summed E-state index contributed by atoms with van der Waals surface area (Å²) in [6.07, 6.45) is 0. The molecular weight excluding hydrogens is 425 g/mol. The average Bonchev–Trinajstić information content (AvgIpc) is 2.77. The topological polar surface area (TPSA) is 100 Å². The van der Waals surface area contributed by atoms with Crippen molar-refractivity contribution in [2.45, 2.75) is 6.04 Å². The van der Waals surface area contributed by atoms with Gasteiger partial charge in [0, 0.05) is 23.1 Å². The maximum Gasteiger partial charge on any atom is 0.256 e. The van der Waals surface area contributed by atoms with Crippen molar-refractivity contribution in [2.24, 2.45) is 0 Å². The van der Waals surface area contributed by atoms with E-state index < -0.39 is 42.3 Å². The van der Waals surface area contributed by atoms with Gasteiger partial charge in [0.25, 0.3) is 5.56 Å². The van der Waals surface area contributed by atoms with Crippen LogP contribution in [0.4, 0.5) is 19.1 Å². The number of hydrogen-bond acceptors (Lipinski definition) is 6. The van der Waals surface area contributed by atoms with Crippen LogP contribution < -0.4 is 10.9 Å². The van der Waals surface area contributed by atoms with E-state index in [0.29, 0.717) is 17.0 Å². The molecule has 32 heavy (non-hydrogen) atoms. The fourth-order valence-corrected chi connectivity index (χ4v) is 3.26. The molecule has 2 heterocycles. The van der Waals surface area contributed by atoms with Gasteiger partial charge < -0.3 is 15.5 Å². The molecule has 0 fully saturated rings. The van der Waals surface area contributed by atoms with Crippen molar-refractivity contribution in [1.82, 2.24) is 14.5 Å². The quantitative estimate of drug-likeness (QED) is 0.425. The Hall–Kier alpha value is -3.76. The number of nitrogens with zero attached hydrogens (tertiary/aromatic N) is 3. The lowest BCUT2D eigenvalue weighted by atomic mass is 10.1. The Labute approximate surface area is 179 Å². The van der Waals surface area contributed by atoms with Crippen molar-refractivity contribution in [2.75, 3.05) is 18.5 Å². The Kier molecular flexibility index (Phi) is 5.89. The van der Waals surface area contributed by atoms with E-state index >= 15 is 0 Å². The highest BCUT2D eigenvalue weighted by atomic mass is 19.1. The van der Waals surface area contributed by atoms with Crippen LogP contribution in [-0.2, 0) is 0 Å². The van der Waals surface area contributed by atoms with Gasteiger partial charge in [-0.3, -0.25) is 9.36 Å². The largest absolute Gasteiger partial charge is 0.394 e. The molecule has 4 rings (SSSR count). The van der Waals surface area contributed by atoms with Crippen LogP contribution in [0.25, 0.3) is 28.0 Å². The minimum atomic E-state index is -0.983. The van der Waals surface area contributed by atoms with Crippen molar-refractivity contribution >= 4 is 17.0 Å². The molecular formula is C22H17F3N4O3. The van der Waals surface area contributed by atoms with E-state index in [1.54, 1.807) is 6.07 Å². The summed E-state index contributed by atoms with van der Waals surface area (Å²) < 4.78 is 42.9. The highest BCUT2D eigenvalue weighted by Gasteiger charge is 2.19. The van der Waals surface area contributed by atoms with Crippen LogP contribution in [-0.4, -0.2) is 44.0 Å². The Morgan fingerprint density at radius 3 is 2.38 bits per heavy atom. The predicted octanol–water partition coefficient (Wildman–Crippen LogP) is 2.63. The van der Waals surface area contributed by atoms with Crippen molar-refractivity contribution < 1.29 is 23.4 Å². The second-order valence-electron chi connectivity index (χ2n) is 6.95. The zero-order valence-electron chi connectivity index (χ0n) is 16.5. The first-order chi connectivity index (χ1) is 15.4. The van der Waals surface area contributed by atoms with Crippen LogP contribution >= 0.6 is 0 Å². The molecule has 3 N–H and O–H groups in total. The number of anilines is 1. The third-order valence-corrected chi connectivity index (χ3v) is 4.77. The lowest BCUT2D eigenvalue weighted by molar-refractivity contribution is 0.203. The average molecular weight is 442 g/mol. The second kappa shape index (κ2) is 8.77. The summed E-state index contributed by atoms with van der Waals surface area (Å²) >= 11 is 0. The molecule has 0 aliphatic carbocycles. The van der Waals surface area contributed by atoms with Gasteiger partial charge in [-0.1, -0.05) is 12.1 Å². The molecule has 0 spiro atoms. The maximum atomic E-state index is 14.6. The normalized spacial score (nSPS) is 11.3. The molecule has 0 atom stereocenters. The van der Waals surface area contributed by atoms with Crippen LogP contribution in [0, 0.1) is 17.5 Å². The third-order valence-electron chi connectivity index (χ3n) is 4.77. The molecule has 0 bridgehead atoms. The molecule has 0 aliphatic heterocycles. The van der Waals surface area contributed by atoms with Crippen LogP contribution in [0.2, 0.25) is 0 Å². The van der Waals surface area contributed by atoms with Gasteiger partial charge in [0.15, 0.2) is 5.65 Å². The van der Waals surface area contributed by atoms with E-state index in [2.05, 4.69) is 15.3 Å². The van der Waals surface area contributed by atoms with Crippen molar-refractivity contribution in [1.29, 1.82) is 0 Å². The van der Waals surface area contributed by atoms with E-state index in [1.807, 2.05) is 0 Å². The summed E-state index contributed by atoms with van der Waals surface area (Å²) in [5, 5.41) is 21.8. The summed E-state index contributed by atoms with van der Waals surface area (Å²) in [6, 6.07) is 10.1. The minimum absolute atomic E-state index is 0.0330. The fraction of sp³-hybridized carbons (Fsp3) is 0.136. The summed E-state index contributed by atoms with van der Waals surface area (Å²) in [4.78, 5) is 21.4. The molecule has 0 saturated heterocycles. The van der Waals surface area contributed by atoms with Gasteiger partial charge in [-0.15, -0.1) is 0 Å². The monoisotopic (exact) mass is 442 g/mol. The molecule has 0 saturated carbocycles. The van der Waals surface area contributed by atoms with Gasteiger partial charge in [-0.2, -0.15) is 4.98 Å². The molecule has 7 nitrogen and oxygen atoms in total. The second-order valence-corrected chi connectivity index (χ2v) is 6.95. The molecule has 2 aromatic carbocycles. The number of aliphatic hydroxyl groups is 2. The van der Waals surface area contributed by atoms with E-state index in [9.17, 15) is 28.2 Å². The van der Waals surface area contributed by atoms with Crippen LogP contribution in [0.5, 0.6) is 0 Å². The Morgan fingerprint density at radius 1 is 0.938 bits per heavy atom. The lowest BCUT2D eigenvalue weighted by Gasteiger charge is -2.17. The number of rotatable bonds is 6. The summed E-state index contributed by atoms with van der Waals surface area (Å²) in [5.74, 6) is -2.41. The van der Waals surface area contributed by atoms with Gasteiger partial charge in [-0.25, -0.2) is 18.2 Å². The molecule has 10 heteroatoms. The van der Waals surface area contributed by atoms with E-state index in [-0.39, 0.29) is 23.0 Å². The number of benzene rings is 2. The Balaban J connectivity index is 2.06. The molecule has 0 amide bonds. The fourth-order valence-electron chi connectivity index (χ4n) is 3.26. The summed E-state index contributed by atoms with van der Waals surface area (Å²) in [7, 11) is 0. The van der Waals surface area contributed by atoms with Gasteiger partial charge in [0.1, 0.15) is 17.5 Å². The number of hydrogen-bond donors (Lipinski definition) is 3. The predicted molar refractivity (Wildman–Crippen MR) is 112 cm³/mol. The van der Waals surface area contributed by atoms with Crippen LogP contribution in [0.15, 0.2) is 59.4 Å². The maximum absolute atomic E-state index is 14.6. The first-order valence-electron chi connectivity index (χ1n) is 9.54. The summed E-state index contributed by atoms with van der Waals surface area (Å²) in [5.41, 5.74) is -0.330. The Bertz CT molecular complexity index is 1360. The van der Waals surface area contributed by atoms with E-state index in [4.69, 9.17) is 0 Å². The first kappa shape index (κ1) is 21.5. The van der Waals surface area contributed by atoms with Crippen LogP contribution in [0.1, 0.15) is 0 Å². The zero-order valence-corrected chi connectivity index (χ0v) is 16.5. The molecule has 0 unspecified atom stereocenters. The number of aromatic nitrogens is 3. The van der Waals surface area contributed by atoms with Crippen molar-refractivity contribution in [3.8, 4) is 16.9 Å². The number of aliphatic hydroxyl groups excluding tert-OH is 2. The van der Waals surface area contributed by atoms with Gasteiger partial charge in [0.05, 0.1) is 30.6 Å². The zero-order chi connectivity index (χ0) is 22.8. The smallest absolute Gasteiger partial charge is 0.256 e. The van der Waals surface area contributed by atoms with Gasteiger partial charge in [-0.05, 0) is 30.3 Å². The molecule has 164 valence electrons. The molecule has 4 aromatic rings. The summed E-state index contributed by atoms with van der Waals surface area (Å²) in [6.45, 7) is -0.886. The minimum Gasteiger partial charge on any atom is -0.394 e. The SMILES string of the molecule is O=c1ccc2c(-c3cccc(F)c3)nc(NC(CO)CO)nc2n1-c1ccc(F)cc1F.